The standard InChI is InChI=1S/C12H17F2NO4/c13-12(14)2-1-8(6-12)11(18)15-3-4-19-9(7-15)5-10(16)17/h8-9H,1-7H2,(H,16,17). The van der Waals surface area contributed by atoms with Crippen molar-refractivity contribution in [2.45, 2.75) is 37.7 Å². The zero-order valence-electron chi connectivity index (χ0n) is 10.5. The molecule has 1 aliphatic carbocycles. The molecule has 0 bridgehead atoms. The van der Waals surface area contributed by atoms with E-state index >= 15 is 0 Å². The van der Waals surface area contributed by atoms with E-state index in [1.165, 1.54) is 4.90 Å². The van der Waals surface area contributed by atoms with Gasteiger partial charge >= 0.3 is 5.97 Å². The van der Waals surface area contributed by atoms with Crippen molar-refractivity contribution in [1.29, 1.82) is 0 Å². The number of aliphatic carboxylic acids is 1. The van der Waals surface area contributed by atoms with E-state index in [0.29, 0.717) is 6.54 Å². The summed E-state index contributed by atoms with van der Waals surface area (Å²) in [5, 5.41) is 8.69. The van der Waals surface area contributed by atoms with Crippen LogP contribution in [-0.2, 0) is 14.3 Å². The van der Waals surface area contributed by atoms with Gasteiger partial charge in [-0.15, -0.1) is 0 Å². The molecule has 1 saturated heterocycles. The monoisotopic (exact) mass is 277 g/mol. The van der Waals surface area contributed by atoms with Crippen LogP contribution in [0.5, 0.6) is 0 Å². The molecule has 1 saturated carbocycles. The van der Waals surface area contributed by atoms with Crippen LogP contribution < -0.4 is 0 Å². The van der Waals surface area contributed by atoms with Crippen LogP contribution in [-0.4, -0.2) is 53.6 Å². The van der Waals surface area contributed by atoms with Gasteiger partial charge in [-0.05, 0) is 6.42 Å². The first-order valence-electron chi connectivity index (χ1n) is 6.37. The van der Waals surface area contributed by atoms with Gasteiger partial charge in [-0.2, -0.15) is 0 Å². The van der Waals surface area contributed by atoms with Crippen LogP contribution in [0, 0.1) is 5.92 Å². The molecular weight excluding hydrogens is 260 g/mol. The summed E-state index contributed by atoms with van der Waals surface area (Å²) >= 11 is 0. The number of amides is 1. The zero-order valence-corrected chi connectivity index (χ0v) is 10.5. The van der Waals surface area contributed by atoms with Crippen molar-refractivity contribution < 1.29 is 28.2 Å². The van der Waals surface area contributed by atoms with E-state index in [9.17, 15) is 18.4 Å². The van der Waals surface area contributed by atoms with Gasteiger partial charge in [-0.25, -0.2) is 8.78 Å². The molecule has 0 aromatic rings. The van der Waals surface area contributed by atoms with Crippen molar-refractivity contribution in [3.8, 4) is 0 Å². The van der Waals surface area contributed by atoms with E-state index in [0.717, 1.165) is 0 Å². The largest absolute Gasteiger partial charge is 0.481 e. The number of ether oxygens (including phenoxy) is 1. The fourth-order valence-electron chi connectivity index (χ4n) is 2.66. The topological polar surface area (TPSA) is 66.8 Å². The molecule has 108 valence electrons. The van der Waals surface area contributed by atoms with E-state index in [1.54, 1.807) is 0 Å². The number of carboxylic acid groups (broad SMARTS) is 1. The molecule has 1 aliphatic heterocycles. The number of carboxylic acids is 1. The Labute approximate surface area is 109 Å². The van der Waals surface area contributed by atoms with Crippen LogP contribution in [0.3, 0.4) is 0 Å². The number of carbonyl (C=O) groups excluding carboxylic acids is 1. The van der Waals surface area contributed by atoms with Crippen molar-refractivity contribution in [1.82, 2.24) is 4.90 Å². The van der Waals surface area contributed by atoms with Gasteiger partial charge < -0.3 is 14.7 Å². The quantitative estimate of drug-likeness (QED) is 0.839. The minimum absolute atomic E-state index is 0.174. The molecule has 0 aromatic carbocycles. The van der Waals surface area contributed by atoms with Crippen LogP contribution in [0.2, 0.25) is 0 Å². The van der Waals surface area contributed by atoms with Crippen LogP contribution in [0.4, 0.5) is 8.78 Å². The highest BCUT2D eigenvalue weighted by Crippen LogP contribution is 2.39. The Balaban J connectivity index is 1.90. The molecule has 2 unspecified atom stereocenters. The molecule has 0 spiro atoms. The van der Waals surface area contributed by atoms with Gasteiger partial charge in [0, 0.05) is 31.8 Å². The highest BCUT2D eigenvalue weighted by atomic mass is 19.3. The maximum absolute atomic E-state index is 13.1. The number of nitrogens with zero attached hydrogens (tertiary/aromatic N) is 1. The third kappa shape index (κ3) is 3.62. The molecular formula is C12H17F2NO4. The molecule has 2 rings (SSSR count). The lowest BCUT2D eigenvalue weighted by Crippen LogP contribution is -2.48. The minimum atomic E-state index is -2.74. The van der Waals surface area contributed by atoms with Gasteiger partial charge in [0.1, 0.15) is 0 Å². The summed E-state index contributed by atoms with van der Waals surface area (Å²) in [4.78, 5) is 24.2. The van der Waals surface area contributed by atoms with E-state index < -0.39 is 30.3 Å². The Morgan fingerprint density at radius 2 is 2.16 bits per heavy atom. The number of hydrogen-bond acceptors (Lipinski definition) is 3. The normalized spacial score (nSPS) is 30.3. The first-order valence-corrected chi connectivity index (χ1v) is 6.37. The van der Waals surface area contributed by atoms with Crippen LogP contribution in [0.1, 0.15) is 25.7 Å². The summed E-state index contributed by atoms with van der Waals surface area (Å²) in [6, 6.07) is 0. The summed E-state index contributed by atoms with van der Waals surface area (Å²) < 4.78 is 31.4. The average Bonchev–Trinajstić information content (AvgIpc) is 2.68. The summed E-state index contributed by atoms with van der Waals surface area (Å²) in [6.45, 7) is 0.775. The Hall–Kier alpha value is -1.24. The third-order valence-corrected chi connectivity index (χ3v) is 3.61. The first kappa shape index (κ1) is 14.2. The van der Waals surface area contributed by atoms with Gasteiger partial charge in [0.05, 0.1) is 19.1 Å². The minimum Gasteiger partial charge on any atom is -0.481 e. The van der Waals surface area contributed by atoms with Gasteiger partial charge in [0.2, 0.25) is 11.8 Å². The smallest absolute Gasteiger partial charge is 0.306 e. The highest BCUT2D eigenvalue weighted by molar-refractivity contribution is 5.79. The highest BCUT2D eigenvalue weighted by Gasteiger charge is 2.44. The van der Waals surface area contributed by atoms with Gasteiger partial charge in [0.15, 0.2) is 0 Å². The third-order valence-electron chi connectivity index (χ3n) is 3.61. The number of morpholine rings is 1. The molecule has 1 heterocycles. The van der Waals surface area contributed by atoms with E-state index in [2.05, 4.69) is 0 Å². The molecule has 5 nitrogen and oxygen atoms in total. The predicted octanol–water partition coefficient (Wildman–Crippen LogP) is 1.12. The number of carbonyl (C=O) groups is 2. The van der Waals surface area contributed by atoms with Crippen molar-refractivity contribution in [2.24, 2.45) is 5.92 Å². The second kappa shape index (κ2) is 5.40. The Kier molecular flexibility index (Phi) is 4.03. The molecule has 2 fully saturated rings. The van der Waals surface area contributed by atoms with Crippen molar-refractivity contribution in [3.63, 3.8) is 0 Å². The Bertz CT molecular complexity index is 375. The van der Waals surface area contributed by atoms with Crippen molar-refractivity contribution >= 4 is 11.9 Å². The van der Waals surface area contributed by atoms with Gasteiger partial charge in [-0.1, -0.05) is 0 Å². The van der Waals surface area contributed by atoms with E-state index in [-0.39, 0.29) is 38.3 Å². The molecule has 2 atom stereocenters. The van der Waals surface area contributed by atoms with Gasteiger partial charge in [-0.3, -0.25) is 9.59 Å². The van der Waals surface area contributed by atoms with Crippen LogP contribution >= 0.6 is 0 Å². The molecule has 0 aromatic heterocycles. The van der Waals surface area contributed by atoms with Crippen molar-refractivity contribution in [3.05, 3.63) is 0 Å². The van der Waals surface area contributed by atoms with Crippen LogP contribution in [0.15, 0.2) is 0 Å². The molecule has 7 heteroatoms. The SMILES string of the molecule is O=C(O)CC1CN(C(=O)C2CCC(F)(F)C2)CCO1. The second-order valence-electron chi connectivity index (χ2n) is 5.17. The lowest BCUT2D eigenvalue weighted by Gasteiger charge is -2.33. The first-order chi connectivity index (χ1) is 8.87. The second-order valence-corrected chi connectivity index (χ2v) is 5.17. The molecule has 0 radical (unpaired) electrons. The number of alkyl halides is 2. The van der Waals surface area contributed by atoms with E-state index in [1.807, 2.05) is 0 Å². The van der Waals surface area contributed by atoms with E-state index in [4.69, 9.17) is 9.84 Å². The fourth-order valence-corrected chi connectivity index (χ4v) is 2.66. The number of hydrogen-bond donors (Lipinski definition) is 1. The summed E-state index contributed by atoms with van der Waals surface area (Å²) in [5.74, 6) is -4.67. The maximum atomic E-state index is 13.1. The molecule has 2 aliphatic rings. The fraction of sp³-hybridized carbons (Fsp3) is 0.833. The summed E-state index contributed by atoms with van der Waals surface area (Å²) in [5.41, 5.74) is 0. The average molecular weight is 277 g/mol. The maximum Gasteiger partial charge on any atom is 0.306 e. The summed E-state index contributed by atoms with van der Waals surface area (Å²) in [7, 11) is 0. The lowest BCUT2D eigenvalue weighted by atomic mass is 10.1. The van der Waals surface area contributed by atoms with Crippen LogP contribution in [0.25, 0.3) is 0 Å². The Morgan fingerprint density at radius 3 is 2.74 bits per heavy atom. The molecule has 1 N–H and O–H groups in total. The summed E-state index contributed by atoms with van der Waals surface area (Å²) in [6.07, 6.45) is -1.16. The molecule has 19 heavy (non-hydrogen) atoms. The number of halogens is 2. The zero-order chi connectivity index (χ0) is 14.0. The van der Waals surface area contributed by atoms with Crippen molar-refractivity contribution in [2.75, 3.05) is 19.7 Å². The molecule has 1 amide bonds. The lowest BCUT2D eigenvalue weighted by molar-refractivity contribution is -0.150. The predicted molar refractivity (Wildman–Crippen MR) is 60.9 cm³/mol. The number of rotatable bonds is 3. The van der Waals surface area contributed by atoms with Gasteiger partial charge in [0.25, 0.3) is 0 Å². The Morgan fingerprint density at radius 1 is 1.42 bits per heavy atom.